The van der Waals surface area contributed by atoms with Gasteiger partial charge in [-0.05, 0) is 62.3 Å². The molecule has 0 radical (unpaired) electrons. The van der Waals surface area contributed by atoms with Gasteiger partial charge in [-0.2, -0.15) is 4.31 Å². The summed E-state index contributed by atoms with van der Waals surface area (Å²) in [5.41, 5.74) is 2.44. The number of rotatable bonds is 3. The number of ether oxygens (including phenoxy) is 1. The van der Waals surface area contributed by atoms with Crippen LogP contribution in [0.5, 0.6) is 0 Å². The van der Waals surface area contributed by atoms with E-state index >= 15 is 0 Å². The Morgan fingerprint density at radius 1 is 1.04 bits per heavy atom. The van der Waals surface area contributed by atoms with Gasteiger partial charge in [0.15, 0.2) is 0 Å². The van der Waals surface area contributed by atoms with Gasteiger partial charge in [-0.15, -0.1) is 0 Å². The van der Waals surface area contributed by atoms with Crippen LogP contribution in [0.2, 0.25) is 0 Å². The second kappa shape index (κ2) is 7.74. The number of hydrogen-bond acceptors (Lipinski definition) is 4. The fraction of sp³-hybridized carbons (Fsp3) is 0.611. The summed E-state index contributed by atoms with van der Waals surface area (Å²) in [5.74, 6) is 0. The summed E-state index contributed by atoms with van der Waals surface area (Å²) in [6, 6.07) is 5.54. The van der Waals surface area contributed by atoms with E-state index in [1.807, 2.05) is 12.1 Å². The number of nitrogens with zero attached hydrogens (tertiary/aromatic N) is 2. The average Bonchev–Trinajstić information content (AvgIpc) is 2.88. The van der Waals surface area contributed by atoms with Gasteiger partial charge in [0.1, 0.15) is 0 Å². The summed E-state index contributed by atoms with van der Waals surface area (Å²) in [4.78, 5) is 13.8. The van der Waals surface area contributed by atoms with Gasteiger partial charge in [-0.3, -0.25) is 0 Å². The molecule has 25 heavy (non-hydrogen) atoms. The molecule has 1 aromatic rings. The van der Waals surface area contributed by atoms with E-state index in [1.165, 1.54) is 16.3 Å². The molecule has 1 saturated heterocycles. The van der Waals surface area contributed by atoms with Crippen molar-refractivity contribution in [2.45, 2.75) is 43.9 Å². The summed E-state index contributed by atoms with van der Waals surface area (Å²) in [6.45, 7) is 3.71. The van der Waals surface area contributed by atoms with Gasteiger partial charge in [0, 0.05) is 26.2 Å². The second-order valence-electron chi connectivity index (χ2n) is 6.58. The van der Waals surface area contributed by atoms with Crippen molar-refractivity contribution in [2.75, 3.05) is 32.8 Å². The number of aryl methyl sites for hydroxylation is 2. The molecule has 138 valence electrons. The highest BCUT2D eigenvalue weighted by Gasteiger charge is 2.29. The number of carbonyl (C=O) groups is 1. The Balaban J connectivity index is 1.75. The van der Waals surface area contributed by atoms with Crippen molar-refractivity contribution in [1.29, 1.82) is 0 Å². The van der Waals surface area contributed by atoms with E-state index in [0.717, 1.165) is 24.8 Å². The minimum Gasteiger partial charge on any atom is -0.450 e. The van der Waals surface area contributed by atoms with E-state index in [4.69, 9.17) is 4.74 Å². The Morgan fingerprint density at radius 2 is 1.80 bits per heavy atom. The molecule has 0 bridgehead atoms. The van der Waals surface area contributed by atoms with Crippen molar-refractivity contribution in [2.24, 2.45) is 0 Å². The number of amides is 1. The zero-order chi connectivity index (χ0) is 17.9. The second-order valence-corrected chi connectivity index (χ2v) is 8.52. The van der Waals surface area contributed by atoms with Crippen molar-refractivity contribution in [3.05, 3.63) is 29.3 Å². The SMILES string of the molecule is CCOC(=O)N1CCCN(S(=O)(=O)c2ccc3c(c2)CCCC3)CC1. The number of carbonyl (C=O) groups excluding carboxylic acids is 1. The smallest absolute Gasteiger partial charge is 0.409 e. The fourth-order valence-corrected chi connectivity index (χ4v) is 5.07. The lowest BCUT2D eigenvalue weighted by Crippen LogP contribution is -2.37. The standard InChI is InChI=1S/C18H26N2O4S/c1-2-24-18(21)19-10-5-11-20(13-12-19)25(22,23)17-9-8-15-6-3-4-7-16(15)14-17/h8-9,14H,2-7,10-13H2,1H3. The Bertz CT molecular complexity index is 733. The van der Waals surface area contributed by atoms with Crippen LogP contribution in [0, 0.1) is 0 Å². The van der Waals surface area contributed by atoms with Crippen molar-refractivity contribution in [3.63, 3.8) is 0 Å². The molecule has 6 nitrogen and oxygen atoms in total. The van der Waals surface area contributed by atoms with Crippen LogP contribution in [0.3, 0.4) is 0 Å². The zero-order valence-electron chi connectivity index (χ0n) is 14.7. The first kappa shape index (κ1) is 18.2. The Labute approximate surface area is 149 Å². The molecule has 1 fully saturated rings. The lowest BCUT2D eigenvalue weighted by atomic mass is 9.92. The Kier molecular flexibility index (Phi) is 5.64. The molecule has 1 aliphatic heterocycles. The maximum atomic E-state index is 13.0. The first-order valence-electron chi connectivity index (χ1n) is 9.06. The first-order valence-corrected chi connectivity index (χ1v) is 10.5. The van der Waals surface area contributed by atoms with Crippen LogP contribution in [0.1, 0.15) is 37.3 Å². The van der Waals surface area contributed by atoms with Crippen LogP contribution in [0.4, 0.5) is 4.79 Å². The molecule has 0 aromatic heterocycles. The molecule has 1 heterocycles. The number of fused-ring (bicyclic) bond motifs is 1. The average molecular weight is 366 g/mol. The van der Waals surface area contributed by atoms with E-state index < -0.39 is 10.0 Å². The molecular weight excluding hydrogens is 340 g/mol. The monoisotopic (exact) mass is 366 g/mol. The van der Waals surface area contributed by atoms with E-state index in [1.54, 1.807) is 17.9 Å². The van der Waals surface area contributed by atoms with E-state index in [9.17, 15) is 13.2 Å². The molecule has 0 atom stereocenters. The van der Waals surface area contributed by atoms with E-state index in [-0.39, 0.29) is 6.09 Å². The van der Waals surface area contributed by atoms with Gasteiger partial charge < -0.3 is 9.64 Å². The van der Waals surface area contributed by atoms with Crippen molar-refractivity contribution in [1.82, 2.24) is 9.21 Å². The van der Waals surface area contributed by atoms with Gasteiger partial charge in [0.2, 0.25) is 10.0 Å². The maximum absolute atomic E-state index is 13.0. The predicted molar refractivity (Wildman–Crippen MR) is 95.1 cm³/mol. The minimum atomic E-state index is -3.53. The number of hydrogen-bond donors (Lipinski definition) is 0. The van der Waals surface area contributed by atoms with E-state index in [0.29, 0.717) is 44.1 Å². The molecule has 1 amide bonds. The highest BCUT2D eigenvalue weighted by Crippen LogP contribution is 2.26. The van der Waals surface area contributed by atoms with E-state index in [2.05, 4.69) is 0 Å². The topological polar surface area (TPSA) is 66.9 Å². The third kappa shape index (κ3) is 3.98. The van der Waals surface area contributed by atoms with Crippen LogP contribution in [-0.2, 0) is 27.6 Å². The maximum Gasteiger partial charge on any atom is 0.409 e. The summed E-state index contributed by atoms with van der Waals surface area (Å²) in [5, 5.41) is 0. The summed E-state index contributed by atoms with van der Waals surface area (Å²) < 4.78 is 32.6. The first-order chi connectivity index (χ1) is 12.0. The van der Waals surface area contributed by atoms with Crippen LogP contribution < -0.4 is 0 Å². The molecule has 3 rings (SSSR count). The third-order valence-corrected chi connectivity index (χ3v) is 6.83. The molecule has 0 spiro atoms. The summed E-state index contributed by atoms with van der Waals surface area (Å²) >= 11 is 0. The third-order valence-electron chi connectivity index (χ3n) is 4.94. The normalized spacial score (nSPS) is 19.2. The van der Waals surface area contributed by atoms with Gasteiger partial charge in [0.25, 0.3) is 0 Å². The molecule has 0 unspecified atom stereocenters. The van der Waals surface area contributed by atoms with Crippen LogP contribution in [0.25, 0.3) is 0 Å². The van der Waals surface area contributed by atoms with Crippen LogP contribution in [0.15, 0.2) is 23.1 Å². The number of sulfonamides is 1. The summed E-state index contributed by atoms with van der Waals surface area (Å²) in [7, 11) is -3.53. The predicted octanol–water partition coefficient (Wildman–Crippen LogP) is 2.42. The van der Waals surface area contributed by atoms with Crippen LogP contribution in [-0.4, -0.2) is 56.5 Å². The quantitative estimate of drug-likeness (QED) is 0.824. The minimum absolute atomic E-state index is 0.304. The highest BCUT2D eigenvalue weighted by atomic mass is 32.2. The lowest BCUT2D eigenvalue weighted by molar-refractivity contribution is 0.109. The van der Waals surface area contributed by atoms with Gasteiger partial charge in [-0.25, -0.2) is 13.2 Å². The molecular formula is C18H26N2O4S. The van der Waals surface area contributed by atoms with Crippen molar-refractivity contribution >= 4 is 16.1 Å². The molecule has 1 aliphatic carbocycles. The number of benzene rings is 1. The lowest BCUT2D eigenvalue weighted by Gasteiger charge is -2.23. The fourth-order valence-electron chi connectivity index (χ4n) is 3.55. The summed E-state index contributed by atoms with van der Waals surface area (Å²) in [6.07, 6.45) is 4.53. The van der Waals surface area contributed by atoms with Gasteiger partial charge in [-0.1, -0.05) is 6.07 Å². The Morgan fingerprint density at radius 3 is 2.56 bits per heavy atom. The van der Waals surface area contributed by atoms with Gasteiger partial charge in [0.05, 0.1) is 11.5 Å². The molecule has 2 aliphatic rings. The van der Waals surface area contributed by atoms with Gasteiger partial charge >= 0.3 is 6.09 Å². The molecule has 1 aromatic carbocycles. The molecule has 7 heteroatoms. The van der Waals surface area contributed by atoms with Crippen LogP contribution >= 0.6 is 0 Å². The highest BCUT2D eigenvalue weighted by molar-refractivity contribution is 7.89. The Hall–Kier alpha value is -1.60. The van der Waals surface area contributed by atoms with Crippen molar-refractivity contribution in [3.8, 4) is 0 Å². The molecule has 0 N–H and O–H groups in total. The largest absolute Gasteiger partial charge is 0.450 e. The molecule has 0 saturated carbocycles. The zero-order valence-corrected chi connectivity index (χ0v) is 15.6. The van der Waals surface area contributed by atoms with Crippen molar-refractivity contribution < 1.29 is 17.9 Å².